The first-order valence-corrected chi connectivity index (χ1v) is 5.45. The van der Waals surface area contributed by atoms with Gasteiger partial charge in [0.1, 0.15) is 0 Å². The molecule has 0 aromatic heterocycles. The Morgan fingerprint density at radius 3 is 1.10 bits per heavy atom. The fourth-order valence-electron chi connectivity index (χ4n) is 0.225. The molecular formula is C2H9BiO5S2. The van der Waals surface area contributed by atoms with Gasteiger partial charge in [0.15, 0.2) is 0 Å². The van der Waals surface area contributed by atoms with E-state index in [1.165, 1.54) is 0 Å². The fraction of sp³-hybridized carbons (Fsp3) is 1.00. The summed E-state index contributed by atoms with van der Waals surface area (Å²) in [6.07, 6.45) is 1.32. The predicted molar refractivity (Wildman–Crippen MR) is 40.7 cm³/mol. The van der Waals surface area contributed by atoms with Gasteiger partial charge in [0.2, 0.25) is 0 Å². The summed E-state index contributed by atoms with van der Waals surface area (Å²) in [7, 11) is -7.74. The zero-order chi connectivity index (χ0) is 7.71. The topological polar surface area (TPSA) is 77.5 Å². The molecule has 0 atom stereocenters. The van der Waals surface area contributed by atoms with E-state index in [1.54, 1.807) is 0 Å². The van der Waals surface area contributed by atoms with Crippen molar-refractivity contribution < 1.29 is 20.5 Å². The molecule has 0 aromatic carbocycles. The minimum absolute atomic E-state index is 0. The van der Waals surface area contributed by atoms with Crippen LogP contribution in [0.25, 0.3) is 0 Å². The van der Waals surface area contributed by atoms with Crippen molar-refractivity contribution in [2.24, 2.45) is 0 Å². The zero-order valence-electron chi connectivity index (χ0n) is 5.56. The third-order valence-electron chi connectivity index (χ3n) is 0.247. The van der Waals surface area contributed by atoms with Crippen molar-refractivity contribution >= 4 is 46.4 Å². The quantitative estimate of drug-likeness (QED) is 0.501. The second-order valence-electron chi connectivity index (χ2n) is 1.48. The molecule has 8 heteroatoms. The molecule has 0 unspecified atom stereocenters. The first-order chi connectivity index (χ1) is 3.71. The molecule has 0 bridgehead atoms. The van der Waals surface area contributed by atoms with Crippen molar-refractivity contribution in [1.82, 2.24) is 0 Å². The van der Waals surface area contributed by atoms with Gasteiger partial charge < -0.3 is 0 Å². The summed E-state index contributed by atoms with van der Waals surface area (Å²) in [6.45, 7) is 0. The third-order valence-corrected chi connectivity index (χ3v) is 2.22. The molecule has 5 nitrogen and oxygen atoms in total. The van der Waals surface area contributed by atoms with Crippen molar-refractivity contribution in [2.45, 2.75) is 0 Å². The van der Waals surface area contributed by atoms with E-state index < -0.39 is 20.2 Å². The third kappa shape index (κ3) is 11.5. The molecule has 64 valence electrons. The standard InChI is InChI=1S/C2H6O5S2.Bi.3H/c1-8(3,4)7-9(2,5)6;;;;/h1-2H3;;;;. The molecule has 0 saturated carbocycles. The van der Waals surface area contributed by atoms with Crippen LogP contribution in [0.2, 0.25) is 0 Å². The number of hydrogen-bond acceptors (Lipinski definition) is 5. The SMILES string of the molecule is CS(=O)(=O)OS(C)(=O)=O.[BiH3]. The molecule has 0 fully saturated rings. The van der Waals surface area contributed by atoms with Crippen LogP contribution >= 0.6 is 0 Å². The van der Waals surface area contributed by atoms with Crippen LogP contribution in [-0.2, 0) is 23.9 Å². The molecule has 0 N–H and O–H groups in total. The molecule has 0 aliphatic rings. The Kier molecular flexibility index (Phi) is 5.26. The van der Waals surface area contributed by atoms with Crippen LogP contribution < -0.4 is 0 Å². The second kappa shape index (κ2) is 3.94. The molecule has 0 radical (unpaired) electrons. The number of rotatable bonds is 2. The van der Waals surface area contributed by atoms with Crippen molar-refractivity contribution in [3.8, 4) is 0 Å². The van der Waals surface area contributed by atoms with Crippen molar-refractivity contribution in [2.75, 3.05) is 12.5 Å². The summed E-state index contributed by atoms with van der Waals surface area (Å²) in [5, 5.41) is 0. The van der Waals surface area contributed by atoms with Gasteiger partial charge in [-0.1, -0.05) is 0 Å². The van der Waals surface area contributed by atoms with Crippen molar-refractivity contribution in [3.05, 3.63) is 0 Å². The summed E-state index contributed by atoms with van der Waals surface area (Å²) in [5.74, 6) is 0. The molecule has 0 spiro atoms. The minimum atomic E-state index is -3.87. The average Bonchev–Trinajstić information content (AvgIpc) is 1.14. The predicted octanol–water partition coefficient (Wildman–Crippen LogP) is -2.26. The summed E-state index contributed by atoms with van der Waals surface area (Å²) < 4.78 is 43.8. The van der Waals surface area contributed by atoms with E-state index in [0.717, 1.165) is 0 Å². The van der Waals surface area contributed by atoms with Gasteiger partial charge in [-0.15, -0.1) is 3.63 Å². The van der Waals surface area contributed by atoms with E-state index in [2.05, 4.69) is 3.63 Å². The fourth-order valence-corrected chi connectivity index (χ4v) is 2.02. The molecule has 0 heterocycles. The van der Waals surface area contributed by atoms with Crippen LogP contribution in [0.1, 0.15) is 0 Å². The summed E-state index contributed by atoms with van der Waals surface area (Å²) in [5.41, 5.74) is 0. The van der Waals surface area contributed by atoms with Crippen LogP contribution in [0.5, 0.6) is 0 Å². The Labute approximate surface area is 79.1 Å². The molecule has 0 aromatic rings. The molecular weight excluding hydrogens is 377 g/mol. The van der Waals surface area contributed by atoms with Crippen LogP contribution in [-0.4, -0.2) is 55.6 Å². The molecule has 0 saturated heterocycles. The van der Waals surface area contributed by atoms with Gasteiger partial charge in [0.25, 0.3) is 20.2 Å². The monoisotopic (exact) mass is 386 g/mol. The normalized spacial score (nSPS) is 12.2. The first-order valence-electron chi connectivity index (χ1n) is 1.82. The Bertz CT molecular complexity index is 243. The molecule has 10 heavy (non-hydrogen) atoms. The Morgan fingerprint density at radius 2 is 1.10 bits per heavy atom. The van der Waals surface area contributed by atoms with E-state index in [1.807, 2.05) is 0 Å². The zero-order valence-corrected chi connectivity index (χ0v) is 12.7. The van der Waals surface area contributed by atoms with E-state index in [-0.39, 0.29) is 26.2 Å². The van der Waals surface area contributed by atoms with Gasteiger partial charge >= 0.3 is 26.2 Å². The maximum absolute atomic E-state index is 10.0. The van der Waals surface area contributed by atoms with Gasteiger partial charge in [-0.05, 0) is 0 Å². The van der Waals surface area contributed by atoms with Gasteiger partial charge in [-0.25, -0.2) is 0 Å². The van der Waals surface area contributed by atoms with E-state index >= 15 is 0 Å². The van der Waals surface area contributed by atoms with E-state index in [0.29, 0.717) is 12.5 Å². The van der Waals surface area contributed by atoms with Crippen LogP contribution in [0.4, 0.5) is 0 Å². The van der Waals surface area contributed by atoms with Crippen LogP contribution in [0.15, 0.2) is 0 Å². The summed E-state index contributed by atoms with van der Waals surface area (Å²) >= 11 is 0. The molecule has 0 rings (SSSR count). The summed E-state index contributed by atoms with van der Waals surface area (Å²) in [4.78, 5) is 0. The molecule has 0 aliphatic carbocycles. The summed E-state index contributed by atoms with van der Waals surface area (Å²) in [6, 6.07) is 0. The van der Waals surface area contributed by atoms with Gasteiger partial charge in [-0.2, -0.15) is 16.8 Å². The van der Waals surface area contributed by atoms with Crippen molar-refractivity contribution in [3.63, 3.8) is 0 Å². The van der Waals surface area contributed by atoms with Gasteiger partial charge in [-0.3, -0.25) is 0 Å². The van der Waals surface area contributed by atoms with E-state index in [4.69, 9.17) is 0 Å². The van der Waals surface area contributed by atoms with Gasteiger partial charge in [0.05, 0.1) is 12.5 Å². The Hall–Kier alpha value is 0.743. The molecule has 0 aliphatic heterocycles. The second-order valence-corrected chi connectivity index (χ2v) is 4.84. The van der Waals surface area contributed by atoms with E-state index in [9.17, 15) is 16.8 Å². The number of hydrogen-bond donors (Lipinski definition) is 0. The van der Waals surface area contributed by atoms with Gasteiger partial charge in [0, 0.05) is 0 Å². The Morgan fingerprint density at radius 1 is 0.900 bits per heavy atom. The average molecular weight is 386 g/mol. The maximum atomic E-state index is 10.0. The van der Waals surface area contributed by atoms with Crippen LogP contribution in [0, 0.1) is 0 Å². The molecule has 0 amide bonds. The Balaban J connectivity index is 0. The first kappa shape index (κ1) is 13.3. The van der Waals surface area contributed by atoms with Crippen molar-refractivity contribution in [1.29, 1.82) is 0 Å². The van der Waals surface area contributed by atoms with Crippen LogP contribution in [0.3, 0.4) is 0 Å².